The van der Waals surface area contributed by atoms with E-state index in [1.807, 2.05) is 38.2 Å². The van der Waals surface area contributed by atoms with Crippen LogP contribution in [0.2, 0.25) is 5.02 Å². The Hall–Kier alpha value is -1.74. The summed E-state index contributed by atoms with van der Waals surface area (Å²) in [5.41, 5.74) is 3.79. The highest BCUT2D eigenvalue weighted by molar-refractivity contribution is 6.31. The largest absolute Gasteiger partial charge is 0.365 e. The molecule has 3 nitrogen and oxygen atoms in total. The Labute approximate surface area is 111 Å². The Bertz CT molecular complexity index is 575. The van der Waals surface area contributed by atoms with Crippen LogP contribution in [0.25, 0.3) is 0 Å². The van der Waals surface area contributed by atoms with Gasteiger partial charge in [0.1, 0.15) is 0 Å². The molecule has 0 bridgehead atoms. The van der Waals surface area contributed by atoms with E-state index in [0.717, 1.165) is 22.5 Å². The SMILES string of the molecule is Cc1cc(CC(=O)Nc2cc(Cl)ccc2C)c[nH]1. The molecular formula is C14H15ClN2O. The number of carbonyl (C=O) groups excluding carboxylic acids is 1. The number of amides is 1. The molecule has 0 aliphatic carbocycles. The maximum absolute atomic E-state index is 11.9. The number of hydrogen-bond acceptors (Lipinski definition) is 1. The Kier molecular flexibility index (Phi) is 3.72. The van der Waals surface area contributed by atoms with Gasteiger partial charge in [-0.25, -0.2) is 0 Å². The summed E-state index contributed by atoms with van der Waals surface area (Å²) in [7, 11) is 0. The topological polar surface area (TPSA) is 44.9 Å². The van der Waals surface area contributed by atoms with Crippen LogP contribution in [-0.2, 0) is 11.2 Å². The predicted molar refractivity (Wildman–Crippen MR) is 74.1 cm³/mol. The quantitative estimate of drug-likeness (QED) is 0.874. The number of aromatic nitrogens is 1. The molecule has 1 aromatic carbocycles. The van der Waals surface area contributed by atoms with Crippen molar-refractivity contribution in [2.75, 3.05) is 5.32 Å². The van der Waals surface area contributed by atoms with E-state index in [0.29, 0.717) is 11.4 Å². The van der Waals surface area contributed by atoms with E-state index in [-0.39, 0.29) is 5.91 Å². The maximum Gasteiger partial charge on any atom is 0.228 e. The predicted octanol–water partition coefficient (Wildman–Crippen LogP) is 3.47. The fourth-order valence-electron chi connectivity index (χ4n) is 1.78. The average molecular weight is 263 g/mol. The molecule has 2 aromatic rings. The molecule has 0 aliphatic heterocycles. The summed E-state index contributed by atoms with van der Waals surface area (Å²) in [5.74, 6) is -0.0423. The zero-order chi connectivity index (χ0) is 13.1. The van der Waals surface area contributed by atoms with Crippen LogP contribution in [0.4, 0.5) is 5.69 Å². The van der Waals surface area contributed by atoms with Gasteiger partial charge in [0.15, 0.2) is 0 Å². The van der Waals surface area contributed by atoms with E-state index in [1.165, 1.54) is 0 Å². The van der Waals surface area contributed by atoms with Crippen molar-refractivity contribution in [2.45, 2.75) is 20.3 Å². The van der Waals surface area contributed by atoms with Crippen LogP contribution >= 0.6 is 11.6 Å². The summed E-state index contributed by atoms with van der Waals surface area (Å²) in [4.78, 5) is 14.9. The van der Waals surface area contributed by atoms with Crippen LogP contribution in [0.1, 0.15) is 16.8 Å². The molecule has 1 aromatic heterocycles. The van der Waals surface area contributed by atoms with Crippen LogP contribution in [0.3, 0.4) is 0 Å². The summed E-state index contributed by atoms with van der Waals surface area (Å²) >= 11 is 5.91. The smallest absolute Gasteiger partial charge is 0.228 e. The van der Waals surface area contributed by atoms with Crippen molar-refractivity contribution < 1.29 is 4.79 Å². The zero-order valence-corrected chi connectivity index (χ0v) is 11.1. The minimum Gasteiger partial charge on any atom is -0.365 e. The summed E-state index contributed by atoms with van der Waals surface area (Å²) in [6.45, 7) is 3.90. The molecule has 1 amide bonds. The maximum atomic E-state index is 11.9. The number of benzene rings is 1. The van der Waals surface area contributed by atoms with Crippen molar-refractivity contribution in [1.29, 1.82) is 0 Å². The second-order valence-electron chi connectivity index (χ2n) is 4.38. The Morgan fingerprint density at radius 2 is 2.11 bits per heavy atom. The molecule has 1 heterocycles. The highest BCUT2D eigenvalue weighted by Crippen LogP contribution is 2.20. The van der Waals surface area contributed by atoms with Crippen molar-refractivity contribution in [3.63, 3.8) is 0 Å². The first-order chi connectivity index (χ1) is 8.54. The average Bonchev–Trinajstić information content (AvgIpc) is 2.69. The van der Waals surface area contributed by atoms with Gasteiger partial charge in [0, 0.05) is 22.6 Å². The fourth-order valence-corrected chi connectivity index (χ4v) is 1.95. The zero-order valence-electron chi connectivity index (χ0n) is 10.4. The van der Waals surface area contributed by atoms with Gasteiger partial charge in [-0.3, -0.25) is 4.79 Å². The van der Waals surface area contributed by atoms with Crippen molar-refractivity contribution in [1.82, 2.24) is 4.98 Å². The number of H-pyrrole nitrogens is 1. The molecular weight excluding hydrogens is 248 g/mol. The van der Waals surface area contributed by atoms with Gasteiger partial charge in [-0.05, 0) is 43.2 Å². The van der Waals surface area contributed by atoms with Gasteiger partial charge in [0.25, 0.3) is 0 Å². The molecule has 0 radical (unpaired) electrons. The van der Waals surface area contributed by atoms with Crippen LogP contribution in [0, 0.1) is 13.8 Å². The second kappa shape index (κ2) is 5.27. The van der Waals surface area contributed by atoms with Crippen molar-refractivity contribution in [3.05, 3.63) is 52.3 Å². The number of nitrogens with one attached hydrogen (secondary N) is 2. The minimum absolute atomic E-state index is 0.0423. The van der Waals surface area contributed by atoms with Crippen LogP contribution in [0.5, 0.6) is 0 Å². The van der Waals surface area contributed by atoms with E-state index in [4.69, 9.17) is 11.6 Å². The molecule has 0 aliphatic rings. The molecule has 94 valence electrons. The number of hydrogen-bond donors (Lipinski definition) is 2. The molecule has 2 N–H and O–H groups in total. The third-order valence-corrected chi connectivity index (χ3v) is 2.96. The fraction of sp³-hybridized carbons (Fsp3) is 0.214. The lowest BCUT2D eigenvalue weighted by Crippen LogP contribution is -2.14. The van der Waals surface area contributed by atoms with Gasteiger partial charge in [-0.15, -0.1) is 0 Å². The van der Waals surface area contributed by atoms with Crippen molar-refractivity contribution >= 4 is 23.2 Å². The monoisotopic (exact) mass is 262 g/mol. The van der Waals surface area contributed by atoms with Gasteiger partial charge in [0.05, 0.1) is 6.42 Å². The van der Waals surface area contributed by atoms with Gasteiger partial charge >= 0.3 is 0 Å². The summed E-state index contributed by atoms with van der Waals surface area (Å²) in [6, 6.07) is 7.42. The van der Waals surface area contributed by atoms with Crippen molar-refractivity contribution in [3.8, 4) is 0 Å². The molecule has 4 heteroatoms. The molecule has 0 unspecified atom stereocenters. The normalized spacial score (nSPS) is 10.4. The number of halogens is 1. The van der Waals surface area contributed by atoms with E-state index in [1.54, 1.807) is 6.07 Å². The van der Waals surface area contributed by atoms with E-state index >= 15 is 0 Å². The molecule has 0 atom stereocenters. The summed E-state index contributed by atoms with van der Waals surface area (Å²) < 4.78 is 0. The van der Waals surface area contributed by atoms with Crippen LogP contribution < -0.4 is 5.32 Å². The van der Waals surface area contributed by atoms with E-state index in [9.17, 15) is 4.79 Å². The van der Waals surface area contributed by atoms with Crippen molar-refractivity contribution in [2.24, 2.45) is 0 Å². The first kappa shape index (κ1) is 12.7. The lowest BCUT2D eigenvalue weighted by atomic mass is 10.2. The molecule has 0 saturated carbocycles. The van der Waals surface area contributed by atoms with Gasteiger partial charge in [-0.2, -0.15) is 0 Å². The minimum atomic E-state index is -0.0423. The molecule has 18 heavy (non-hydrogen) atoms. The molecule has 0 saturated heterocycles. The van der Waals surface area contributed by atoms with E-state index < -0.39 is 0 Å². The first-order valence-corrected chi connectivity index (χ1v) is 6.12. The lowest BCUT2D eigenvalue weighted by molar-refractivity contribution is -0.115. The standard InChI is InChI=1S/C14H15ClN2O/c1-9-3-4-12(15)7-13(9)17-14(18)6-11-5-10(2)16-8-11/h3-5,7-8,16H,6H2,1-2H3,(H,17,18). The first-order valence-electron chi connectivity index (χ1n) is 5.74. The Balaban J connectivity index is 2.05. The van der Waals surface area contributed by atoms with Gasteiger partial charge in [-0.1, -0.05) is 17.7 Å². The molecule has 0 spiro atoms. The third-order valence-electron chi connectivity index (χ3n) is 2.73. The highest BCUT2D eigenvalue weighted by atomic mass is 35.5. The number of rotatable bonds is 3. The molecule has 0 fully saturated rings. The lowest BCUT2D eigenvalue weighted by Gasteiger charge is -2.08. The third kappa shape index (κ3) is 3.14. The Morgan fingerprint density at radius 1 is 1.33 bits per heavy atom. The number of anilines is 1. The number of carbonyl (C=O) groups is 1. The van der Waals surface area contributed by atoms with Gasteiger partial charge in [0.2, 0.25) is 5.91 Å². The number of aryl methyl sites for hydroxylation is 2. The van der Waals surface area contributed by atoms with Crippen LogP contribution in [0.15, 0.2) is 30.5 Å². The van der Waals surface area contributed by atoms with E-state index in [2.05, 4.69) is 10.3 Å². The second-order valence-corrected chi connectivity index (χ2v) is 4.81. The Morgan fingerprint density at radius 3 is 2.78 bits per heavy atom. The molecule has 2 rings (SSSR count). The van der Waals surface area contributed by atoms with Gasteiger partial charge < -0.3 is 10.3 Å². The highest BCUT2D eigenvalue weighted by Gasteiger charge is 2.07. The summed E-state index contributed by atoms with van der Waals surface area (Å²) in [6.07, 6.45) is 2.20. The number of aromatic amines is 1. The van der Waals surface area contributed by atoms with Crippen LogP contribution in [-0.4, -0.2) is 10.9 Å². The summed E-state index contributed by atoms with van der Waals surface area (Å²) in [5, 5.41) is 3.49.